The van der Waals surface area contributed by atoms with E-state index in [0.717, 1.165) is 22.3 Å². The molecule has 19 heteroatoms. The third-order valence-electron chi connectivity index (χ3n) is 10.3. The second-order valence-corrected chi connectivity index (χ2v) is 15.4. The number of nitro groups is 1. The van der Waals surface area contributed by atoms with Crippen molar-refractivity contribution in [1.82, 2.24) is 20.1 Å². The number of ether oxygens (including phenoxy) is 5. The van der Waals surface area contributed by atoms with Crippen LogP contribution in [-0.2, 0) is 48.5 Å². The number of hydrogen-bond donors (Lipinski definition) is 2. The van der Waals surface area contributed by atoms with Crippen LogP contribution >= 0.6 is 11.8 Å². The SMILES string of the molecule is COc1ccc(COC(=O)C(C(=O)N[C@@H]2C(=O)N3C[C@@](C(=O)OCc4ccc([N+](=O)[O-])cc4)(N4CCN(N)C4=O)S[C@H]23)c2ccc(OCc3ccc(OC)cc3)cc2)cc1. The summed E-state index contributed by atoms with van der Waals surface area (Å²) in [5, 5.41) is 13.9. The van der Waals surface area contributed by atoms with Crippen LogP contribution in [0, 0.1) is 10.1 Å². The number of nitro benzene ring substituents is 1. The lowest BCUT2D eigenvalue weighted by atomic mass is 9.96. The summed E-state index contributed by atoms with van der Waals surface area (Å²) in [5.74, 6) is 3.04. The van der Waals surface area contributed by atoms with Crippen molar-refractivity contribution < 1.29 is 52.6 Å². The molecule has 3 N–H and O–H groups in total. The predicted octanol–water partition coefficient (Wildman–Crippen LogP) is 3.47. The lowest BCUT2D eigenvalue weighted by Gasteiger charge is -2.41. The van der Waals surface area contributed by atoms with E-state index in [1.54, 1.807) is 55.6 Å². The first-order chi connectivity index (χ1) is 28.9. The van der Waals surface area contributed by atoms with Crippen LogP contribution in [0.3, 0.4) is 0 Å². The van der Waals surface area contributed by atoms with E-state index in [0.29, 0.717) is 28.4 Å². The molecule has 1 unspecified atom stereocenters. The fourth-order valence-corrected chi connectivity index (χ4v) is 8.59. The van der Waals surface area contributed by atoms with Gasteiger partial charge < -0.3 is 33.9 Å². The molecule has 312 valence electrons. The molecule has 0 aromatic heterocycles. The topological polar surface area (TPSA) is 222 Å². The van der Waals surface area contributed by atoms with Crippen LogP contribution in [0.2, 0.25) is 0 Å². The van der Waals surface area contributed by atoms with E-state index < -0.39 is 56.9 Å². The summed E-state index contributed by atoms with van der Waals surface area (Å²) in [5.41, 5.74) is 2.10. The van der Waals surface area contributed by atoms with Gasteiger partial charge in [0.1, 0.15) is 48.5 Å². The Hall–Kier alpha value is -6.86. The second kappa shape index (κ2) is 17.6. The highest BCUT2D eigenvalue weighted by molar-refractivity contribution is 8.02. The number of rotatable bonds is 16. The zero-order valence-corrected chi connectivity index (χ0v) is 33.2. The number of nitrogens with two attached hydrogens (primary N) is 1. The average molecular weight is 841 g/mol. The van der Waals surface area contributed by atoms with Gasteiger partial charge in [-0.3, -0.25) is 34.4 Å². The van der Waals surface area contributed by atoms with Crippen LogP contribution < -0.4 is 25.4 Å². The standard InChI is InChI=1S/C41H40N6O12S/c1-55-30-13-5-26(6-14-30)21-57-32-17-9-28(10-18-32)33(38(50)58-22-27-7-15-31(56-2)16-8-27)35(48)43-34-36(49)44-24-41(60-37(34)44,45-19-20-46(42)40(45)52)39(51)59-23-25-3-11-29(12-4-25)47(53)54/h3-18,33-34,37H,19-24,42H2,1-2H3,(H,43,48)/t33?,34-,37-,41-/m1/s1. The van der Waals surface area contributed by atoms with Crippen molar-refractivity contribution >= 4 is 47.2 Å². The predicted molar refractivity (Wildman–Crippen MR) is 213 cm³/mol. The molecular weight excluding hydrogens is 801 g/mol. The molecule has 4 aromatic carbocycles. The van der Waals surface area contributed by atoms with E-state index in [1.807, 2.05) is 24.3 Å². The van der Waals surface area contributed by atoms with Gasteiger partial charge in [0, 0.05) is 18.7 Å². The summed E-state index contributed by atoms with van der Waals surface area (Å²) < 4.78 is 27.6. The Morgan fingerprint density at radius 2 is 1.37 bits per heavy atom. The molecule has 3 saturated heterocycles. The number of hydrogen-bond acceptors (Lipinski definition) is 14. The minimum Gasteiger partial charge on any atom is -0.497 e. The number of esters is 2. The van der Waals surface area contributed by atoms with Gasteiger partial charge in [-0.15, -0.1) is 0 Å². The van der Waals surface area contributed by atoms with Gasteiger partial charge in [-0.05, 0) is 70.8 Å². The van der Waals surface area contributed by atoms with E-state index in [2.05, 4.69) is 5.32 Å². The normalized spacial score (nSPS) is 19.8. The highest BCUT2D eigenvalue weighted by Crippen LogP contribution is 2.50. The number of methoxy groups -OCH3 is 2. The van der Waals surface area contributed by atoms with E-state index >= 15 is 0 Å². The van der Waals surface area contributed by atoms with Crippen molar-refractivity contribution in [1.29, 1.82) is 0 Å². The molecule has 3 fully saturated rings. The summed E-state index contributed by atoms with van der Waals surface area (Å²) in [6.45, 7) is -0.314. The zero-order chi connectivity index (χ0) is 42.6. The molecule has 3 aliphatic heterocycles. The molecule has 7 rings (SSSR count). The van der Waals surface area contributed by atoms with Crippen LogP contribution in [-0.4, -0.2) is 99.7 Å². The molecule has 0 aliphatic carbocycles. The van der Waals surface area contributed by atoms with E-state index in [9.17, 15) is 34.1 Å². The maximum absolute atomic E-state index is 14.2. The third kappa shape index (κ3) is 8.48. The van der Waals surface area contributed by atoms with E-state index in [1.165, 1.54) is 41.2 Å². The average Bonchev–Trinajstić information content (AvgIpc) is 3.81. The molecule has 3 heterocycles. The number of benzene rings is 4. The minimum atomic E-state index is -1.75. The molecule has 60 heavy (non-hydrogen) atoms. The van der Waals surface area contributed by atoms with Crippen LogP contribution in [0.4, 0.5) is 10.5 Å². The number of non-ortho nitro benzene ring substituents is 1. The summed E-state index contributed by atoms with van der Waals surface area (Å²) in [6.07, 6.45) is 0. The zero-order valence-electron chi connectivity index (χ0n) is 32.4. The van der Waals surface area contributed by atoms with Gasteiger partial charge in [-0.2, -0.15) is 0 Å². The van der Waals surface area contributed by atoms with Crippen LogP contribution in [0.1, 0.15) is 28.2 Å². The smallest absolute Gasteiger partial charge is 0.345 e. The van der Waals surface area contributed by atoms with E-state index in [4.69, 9.17) is 29.5 Å². The van der Waals surface area contributed by atoms with Crippen LogP contribution in [0.5, 0.6) is 17.2 Å². The lowest BCUT2D eigenvalue weighted by Crippen LogP contribution is -2.68. The molecule has 4 atom stereocenters. The maximum atomic E-state index is 14.2. The largest absolute Gasteiger partial charge is 0.497 e. The summed E-state index contributed by atoms with van der Waals surface area (Å²) in [6, 6.07) is 24.1. The summed E-state index contributed by atoms with van der Waals surface area (Å²) >= 11 is 0.948. The lowest BCUT2D eigenvalue weighted by molar-refractivity contribution is -0.384. The number of carbonyl (C=O) groups is 5. The first kappa shape index (κ1) is 41.3. The fourth-order valence-electron chi connectivity index (χ4n) is 6.90. The number of thioether (sulfide) groups is 1. The van der Waals surface area contributed by atoms with Gasteiger partial charge in [0.2, 0.25) is 16.7 Å². The van der Waals surface area contributed by atoms with Crippen molar-refractivity contribution in [2.75, 3.05) is 33.9 Å². The highest BCUT2D eigenvalue weighted by atomic mass is 32.2. The quantitative estimate of drug-likeness (QED) is 0.0314. The van der Waals surface area contributed by atoms with Crippen molar-refractivity contribution in [3.8, 4) is 17.2 Å². The number of nitrogens with one attached hydrogen (secondary N) is 1. The second-order valence-electron chi connectivity index (χ2n) is 14.0. The Kier molecular flexibility index (Phi) is 12.1. The number of urea groups is 1. The first-order valence-corrected chi connectivity index (χ1v) is 19.5. The van der Waals surface area contributed by atoms with Crippen molar-refractivity contribution in [3.05, 3.63) is 129 Å². The Morgan fingerprint density at radius 1 is 0.817 bits per heavy atom. The maximum Gasteiger partial charge on any atom is 0.345 e. The molecule has 0 saturated carbocycles. The van der Waals surface area contributed by atoms with Gasteiger partial charge in [-0.25, -0.2) is 15.4 Å². The third-order valence-corrected chi connectivity index (χ3v) is 11.9. The number of carbonyl (C=O) groups excluding carboxylic acids is 5. The van der Waals surface area contributed by atoms with Gasteiger partial charge in [0.15, 0.2) is 5.92 Å². The first-order valence-electron chi connectivity index (χ1n) is 18.6. The Labute approximate surface area is 347 Å². The minimum absolute atomic E-state index is 0.0443. The Balaban J connectivity index is 1.08. The van der Waals surface area contributed by atoms with Gasteiger partial charge >= 0.3 is 18.0 Å². The van der Waals surface area contributed by atoms with Crippen molar-refractivity contribution in [2.24, 2.45) is 5.84 Å². The summed E-state index contributed by atoms with van der Waals surface area (Å²) in [7, 11) is 3.11. The molecule has 4 aromatic rings. The Bertz CT molecular complexity index is 2260. The van der Waals surface area contributed by atoms with E-state index in [-0.39, 0.29) is 50.7 Å². The molecule has 4 amide bonds. The summed E-state index contributed by atoms with van der Waals surface area (Å²) in [4.78, 5) is 80.2. The number of β-lactam (4-membered cyclic amide) rings is 1. The highest BCUT2D eigenvalue weighted by Gasteiger charge is 2.67. The molecule has 0 bridgehead atoms. The number of nitrogens with zero attached hydrogens (tertiary/aromatic N) is 4. The van der Waals surface area contributed by atoms with Gasteiger partial charge in [-0.1, -0.05) is 48.2 Å². The number of hydrazine groups is 1. The van der Waals surface area contributed by atoms with Gasteiger partial charge in [0.05, 0.1) is 32.2 Å². The van der Waals surface area contributed by atoms with Crippen molar-refractivity contribution in [3.63, 3.8) is 0 Å². The van der Waals surface area contributed by atoms with Crippen LogP contribution in [0.25, 0.3) is 0 Å². The number of amides is 4. The molecule has 18 nitrogen and oxygen atoms in total. The Morgan fingerprint density at radius 3 is 1.92 bits per heavy atom. The van der Waals surface area contributed by atoms with Gasteiger partial charge in [0.25, 0.3) is 5.69 Å². The monoisotopic (exact) mass is 840 g/mol. The molecule has 0 radical (unpaired) electrons. The fraction of sp³-hybridized carbons (Fsp3) is 0.293. The van der Waals surface area contributed by atoms with Crippen LogP contribution in [0.15, 0.2) is 97.1 Å². The molecule has 0 spiro atoms. The number of fused-ring (bicyclic) bond motifs is 1. The molecular formula is C41H40N6O12S. The van der Waals surface area contributed by atoms with Crippen molar-refractivity contribution in [2.45, 2.75) is 42.0 Å². The molecule has 3 aliphatic rings.